The lowest BCUT2D eigenvalue weighted by Crippen LogP contribution is -2.17. The fourth-order valence-electron chi connectivity index (χ4n) is 3.48. The van der Waals surface area contributed by atoms with Crippen LogP contribution in [0.3, 0.4) is 0 Å². The molecule has 1 amide bonds. The van der Waals surface area contributed by atoms with Gasteiger partial charge < -0.3 is 20.1 Å². The van der Waals surface area contributed by atoms with Crippen LogP contribution >= 0.6 is 0 Å². The molecule has 10 nitrogen and oxygen atoms in total. The molecular weight excluding hydrogens is 529 g/mol. The molecule has 4 N–H and O–H groups in total. The van der Waals surface area contributed by atoms with E-state index in [1.807, 2.05) is 6.07 Å². The third kappa shape index (κ3) is 5.68. The number of nitriles is 1. The van der Waals surface area contributed by atoms with Crippen molar-refractivity contribution in [3.05, 3.63) is 83.6 Å². The Labute approximate surface area is 212 Å². The molecule has 0 fully saturated rings. The Balaban J connectivity index is 1.59. The number of aromatic amines is 1. The van der Waals surface area contributed by atoms with Crippen LogP contribution in [0.25, 0.3) is 10.9 Å². The van der Waals surface area contributed by atoms with Gasteiger partial charge in [-0.05, 0) is 54.6 Å². The number of para-hydroxylation sites is 1. The highest BCUT2D eigenvalue weighted by Gasteiger charge is 2.31. The van der Waals surface area contributed by atoms with Gasteiger partial charge in [0, 0.05) is 5.39 Å². The van der Waals surface area contributed by atoms with Crippen molar-refractivity contribution >= 4 is 44.2 Å². The summed E-state index contributed by atoms with van der Waals surface area (Å²) in [6.45, 7) is 0. The number of nitrogens with one attached hydrogen (secondary N) is 3. The van der Waals surface area contributed by atoms with Crippen LogP contribution in [-0.4, -0.2) is 36.7 Å². The van der Waals surface area contributed by atoms with Gasteiger partial charge in [-0.15, -0.1) is 13.2 Å². The summed E-state index contributed by atoms with van der Waals surface area (Å²) in [6.07, 6.45) is -4.93. The van der Waals surface area contributed by atoms with Crippen LogP contribution in [0.15, 0.2) is 71.6 Å². The summed E-state index contributed by atoms with van der Waals surface area (Å²) in [5.74, 6) is -2.68. The summed E-state index contributed by atoms with van der Waals surface area (Å²) in [5.41, 5.74) is -0.0302. The number of aromatic carboxylic acids is 1. The molecule has 0 saturated carbocycles. The molecular formula is C24H15F3N4O6S. The summed E-state index contributed by atoms with van der Waals surface area (Å²) >= 11 is 0. The first-order chi connectivity index (χ1) is 17.9. The smallest absolute Gasteiger partial charge is 0.478 e. The third-order valence-corrected chi connectivity index (χ3v) is 6.52. The number of amides is 1. The number of sulfonamides is 1. The molecule has 1 aromatic heterocycles. The maximum Gasteiger partial charge on any atom is 0.573 e. The van der Waals surface area contributed by atoms with Gasteiger partial charge in [0.25, 0.3) is 15.9 Å². The van der Waals surface area contributed by atoms with Crippen LogP contribution in [0.2, 0.25) is 0 Å². The van der Waals surface area contributed by atoms with Gasteiger partial charge in [0.15, 0.2) is 0 Å². The SMILES string of the molecule is N#Cc1ccc(NC(=O)c2cc3cccc(NS(=O)(=O)c4ccc(OC(F)(F)F)cc4)c3[nH]2)c(C(=O)O)c1. The number of carboxylic acids is 1. The molecule has 0 radical (unpaired) electrons. The van der Waals surface area contributed by atoms with E-state index < -0.39 is 34.0 Å². The zero-order valence-electron chi connectivity index (χ0n) is 18.8. The van der Waals surface area contributed by atoms with Gasteiger partial charge in [-0.2, -0.15) is 5.26 Å². The molecule has 38 heavy (non-hydrogen) atoms. The topological polar surface area (TPSA) is 161 Å². The number of carbonyl (C=O) groups is 2. The third-order valence-electron chi connectivity index (χ3n) is 5.14. The van der Waals surface area contributed by atoms with Crippen molar-refractivity contribution in [3.63, 3.8) is 0 Å². The molecule has 0 unspecified atom stereocenters. The van der Waals surface area contributed by atoms with E-state index in [1.165, 1.54) is 30.3 Å². The van der Waals surface area contributed by atoms with Crippen LogP contribution in [0.4, 0.5) is 24.5 Å². The summed E-state index contributed by atoms with van der Waals surface area (Å²) in [7, 11) is -4.25. The fourth-order valence-corrected chi connectivity index (χ4v) is 4.55. The van der Waals surface area contributed by atoms with E-state index in [0.717, 1.165) is 30.3 Å². The number of carbonyl (C=O) groups excluding carboxylic acids is 1. The number of H-pyrrole nitrogens is 1. The lowest BCUT2D eigenvalue weighted by molar-refractivity contribution is -0.274. The average Bonchev–Trinajstić information content (AvgIpc) is 3.29. The number of nitrogens with zero attached hydrogens (tertiary/aromatic N) is 1. The fraction of sp³-hybridized carbons (Fsp3) is 0.0417. The summed E-state index contributed by atoms with van der Waals surface area (Å²) in [4.78, 5) is 26.8. The molecule has 194 valence electrons. The molecule has 0 aliphatic carbocycles. The van der Waals surface area contributed by atoms with Crippen LogP contribution in [-0.2, 0) is 10.0 Å². The number of hydrogen-bond donors (Lipinski definition) is 4. The van der Waals surface area contributed by atoms with E-state index in [9.17, 15) is 36.3 Å². The molecule has 0 aliphatic rings. The molecule has 0 bridgehead atoms. The van der Waals surface area contributed by atoms with Crippen LogP contribution in [0.1, 0.15) is 26.4 Å². The van der Waals surface area contributed by atoms with E-state index in [0.29, 0.717) is 5.39 Å². The number of aromatic nitrogens is 1. The van der Waals surface area contributed by atoms with Crippen LogP contribution in [0, 0.1) is 11.3 Å². The molecule has 0 aliphatic heterocycles. The number of alkyl halides is 3. The monoisotopic (exact) mass is 544 g/mol. The molecule has 0 saturated heterocycles. The maximum absolute atomic E-state index is 12.8. The van der Waals surface area contributed by atoms with E-state index in [-0.39, 0.29) is 38.6 Å². The largest absolute Gasteiger partial charge is 0.573 e. The normalized spacial score (nSPS) is 11.5. The first-order valence-electron chi connectivity index (χ1n) is 10.5. The van der Waals surface area contributed by atoms with Crippen molar-refractivity contribution in [3.8, 4) is 11.8 Å². The summed E-state index contributed by atoms with van der Waals surface area (Å²) < 4.78 is 68.8. The first-order valence-corrected chi connectivity index (χ1v) is 11.9. The predicted molar refractivity (Wildman–Crippen MR) is 128 cm³/mol. The van der Waals surface area contributed by atoms with E-state index in [2.05, 4.69) is 19.8 Å². The van der Waals surface area contributed by atoms with Crippen molar-refractivity contribution in [1.82, 2.24) is 4.98 Å². The van der Waals surface area contributed by atoms with Gasteiger partial charge >= 0.3 is 12.3 Å². The second-order valence-electron chi connectivity index (χ2n) is 7.71. The van der Waals surface area contributed by atoms with Gasteiger partial charge in [-0.25, -0.2) is 13.2 Å². The minimum absolute atomic E-state index is 0.0269. The number of fused-ring (bicyclic) bond motifs is 1. The summed E-state index contributed by atoms with van der Waals surface area (Å²) in [5, 5.41) is 21.3. The number of halogens is 3. The molecule has 3 aromatic carbocycles. The van der Waals surface area contributed by atoms with Gasteiger partial charge in [0.05, 0.1) is 39.0 Å². The highest BCUT2D eigenvalue weighted by atomic mass is 32.2. The standard InChI is InChI=1S/C24H15F3N4O6S/c25-24(26,27)37-15-5-7-16(8-6-15)38(35,36)31-19-3-1-2-14-11-20(29-21(14)19)22(32)30-18-9-4-13(12-28)10-17(18)23(33)34/h1-11,29,31H,(H,30,32)(H,33,34). The minimum atomic E-state index is -4.93. The van der Waals surface area contributed by atoms with Gasteiger partial charge in [-0.3, -0.25) is 9.52 Å². The highest BCUT2D eigenvalue weighted by molar-refractivity contribution is 7.92. The van der Waals surface area contributed by atoms with Crippen LogP contribution < -0.4 is 14.8 Å². The lowest BCUT2D eigenvalue weighted by atomic mass is 10.1. The number of hydrogen-bond acceptors (Lipinski definition) is 6. The first kappa shape index (κ1) is 26.0. The van der Waals surface area contributed by atoms with Gasteiger partial charge in [0.1, 0.15) is 11.4 Å². The molecule has 0 atom stereocenters. The van der Waals surface area contributed by atoms with E-state index in [4.69, 9.17) is 5.26 Å². The number of rotatable bonds is 7. The average molecular weight is 544 g/mol. The maximum atomic E-state index is 12.8. The summed E-state index contributed by atoms with van der Waals surface area (Å²) in [6, 6.07) is 15.0. The zero-order valence-corrected chi connectivity index (χ0v) is 19.6. The predicted octanol–water partition coefficient (Wildman–Crippen LogP) is 4.69. The van der Waals surface area contributed by atoms with Crippen molar-refractivity contribution in [1.29, 1.82) is 5.26 Å². The van der Waals surface area contributed by atoms with Crippen molar-refractivity contribution in [2.24, 2.45) is 0 Å². The Kier molecular flexibility index (Phi) is 6.71. The van der Waals surface area contributed by atoms with Crippen molar-refractivity contribution in [2.75, 3.05) is 10.0 Å². The Morgan fingerprint density at radius 2 is 1.71 bits per heavy atom. The number of benzene rings is 3. The molecule has 4 aromatic rings. The second kappa shape index (κ2) is 9.79. The Hall–Kier alpha value is -5.03. The molecule has 4 rings (SSSR count). The van der Waals surface area contributed by atoms with E-state index >= 15 is 0 Å². The minimum Gasteiger partial charge on any atom is -0.478 e. The Morgan fingerprint density at radius 3 is 2.34 bits per heavy atom. The number of carboxylic acid groups (broad SMARTS) is 1. The van der Waals surface area contributed by atoms with E-state index in [1.54, 1.807) is 6.07 Å². The van der Waals surface area contributed by atoms with Gasteiger partial charge in [0.2, 0.25) is 0 Å². The Morgan fingerprint density at radius 1 is 1.00 bits per heavy atom. The second-order valence-corrected chi connectivity index (χ2v) is 9.39. The lowest BCUT2D eigenvalue weighted by Gasteiger charge is -2.11. The van der Waals surface area contributed by atoms with Crippen molar-refractivity contribution < 1.29 is 41.0 Å². The number of ether oxygens (including phenoxy) is 1. The Bertz CT molecular complexity index is 1710. The highest BCUT2D eigenvalue weighted by Crippen LogP contribution is 2.28. The molecule has 1 heterocycles. The zero-order chi connectivity index (χ0) is 27.7. The molecule has 0 spiro atoms. The van der Waals surface area contributed by atoms with Crippen molar-refractivity contribution in [2.45, 2.75) is 11.3 Å². The quantitative estimate of drug-likeness (QED) is 0.262. The van der Waals surface area contributed by atoms with Gasteiger partial charge in [-0.1, -0.05) is 12.1 Å². The number of anilines is 2. The van der Waals surface area contributed by atoms with Crippen LogP contribution in [0.5, 0.6) is 5.75 Å². The molecule has 14 heteroatoms.